The van der Waals surface area contributed by atoms with Crippen molar-refractivity contribution in [3.8, 4) is 11.6 Å². The Morgan fingerprint density at radius 3 is 2.21 bits per heavy atom. The Bertz CT molecular complexity index is 993. The maximum Gasteiger partial charge on any atom is 0.414 e. The van der Waals surface area contributed by atoms with Crippen LogP contribution in [0.4, 0.5) is 0 Å². The van der Waals surface area contributed by atoms with Gasteiger partial charge in [-0.25, -0.2) is 14.3 Å². The molecule has 34 heavy (non-hydrogen) atoms. The molecule has 2 aromatic rings. The van der Waals surface area contributed by atoms with Crippen LogP contribution in [0.25, 0.3) is 5.69 Å². The number of unbranched alkanes of at least 4 members (excludes halogenated alkanes) is 1. The molecule has 1 amide bonds. The predicted octanol–water partition coefficient (Wildman–Crippen LogP) is 2.97. The Labute approximate surface area is 207 Å². The number of carboxylic acid groups (broad SMARTS) is 2. The van der Waals surface area contributed by atoms with Crippen molar-refractivity contribution in [2.45, 2.75) is 26.7 Å². The molecule has 12 heteroatoms. The number of amides is 1. The summed E-state index contributed by atoms with van der Waals surface area (Å²) in [5.74, 6) is -2.87. The average molecular weight is 515 g/mol. The first kappa shape index (κ1) is 27.4. The number of aryl methyl sites for hydroxylation is 1. The number of hydrogen-bond acceptors (Lipinski definition) is 6. The monoisotopic (exact) mass is 514 g/mol. The second-order valence-electron chi connectivity index (χ2n) is 7.65. The summed E-state index contributed by atoms with van der Waals surface area (Å²) in [6.45, 7) is 8.84. The second kappa shape index (κ2) is 13.2. The van der Waals surface area contributed by atoms with Crippen LogP contribution in [0.15, 0.2) is 24.3 Å². The second-order valence-corrected chi connectivity index (χ2v) is 8.46. The summed E-state index contributed by atoms with van der Waals surface area (Å²) in [7, 11) is 0. The van der Waals surface area contributed by atoms with Gasteiger partial charge in [-0.3, -0.25) is 9.69 Å². The van der Waals surface area contributed by atoms with E-state index in [9.17, 15) is 4.79 Å². The van der Waals surface area contributed by atoms with E-state index in [1.807, 2.05) is 24.0 Å². The van der Waals surface area contributed by atoms with Crippen molar-refractivity contribution in [2.24, 2.45) is 0 Å². The van der Waals surface area contributed by atoms with Gasteiger partial charge in [0.25, 0.3) is 0 Å². The van der Waals surface area contributed by atoms with E-state index in [0.29, 0.717) is 22.5 Å². The first-order valence-electron chi connectivity index (χ1n) is 10.7. The largest absolute Gasteiger partial charge is 0.477 e. The molecule has 1 aliphatic heterocycles. The van der Waals surface area contributed by atoms with Crippen LogP contribution in [-0.4, -0.2) is 87.0 Å². The molecule has 0 aliphatic carbocycles. The van der Waals surface area contributed by atoms with E-state index in [2.05, 4.69) is 10.00 Å². The predicted molar refractivity (Wildman–Crippen MR) is 127 cm³/mol. The zero-order valence-electron chi connectivity index (χ0n) is 19.0. The van der Waals surface area contributed by atoms with Crippen molar-refractivity contribution in [2.75, 3.05) is 39.3 Å². The molecular formula is C22H28Cl2N4O6. The quantitative estimate of drug-likeness (QED) is 0.426. The molecule has 186 valence electrons. The average Bonchev–Trinajstić information content (AvgIpc) is 3.16. The Morgan fingerprint density at radius 2 is 1.65 bits per heavy atom. The molecule has 0 saturated carbocycles. The molecule has 1 aromatic heterocycles. The van der Waals surface area contributed by atoms with Gasteiger partial charge in [-0.1, -0.05) is 23.2 Å². The molecule has 2 N–H and O–H groups in total. The van der Waals surface area contributed by atoms with Crippen LogP contribution in [0, 0.1) is 6.92 Å². The minimum absolute atomic E-state index is 0.170. The molecule has 1 aromatic carbocycles. The fraction of sp³-hybridized carbons (Fsp3) is 0.455. The van der Waals surface area contributed by atoms with Crippen molar-refractivity contribution in [1.82, 2.24) is 19.6 Å². The zero-order chi connectivity index (χ0) is 25.3. The fourth-order valence-corrected chi connectivity index (χ4v) is 3.59. The van der Waals surface area contributed by atoms with Crippen LogP contribution >= 0.6 is 23.2 Å². The van der Waals surface area contributed by atoms with Crippen LogP contribution in [-0.2, 0) is 14.4 Å². The first-order valence-corrected chi connectivity index (χ1v) is 11.4. The molecule has 10 nitrogen and oxygen atoms in total. The number of halogens is 2. The number of nitrogens with zero attached hydrogens (tertiary/aromatic N) is 4. The lowest BCUT2D eigenvalue weighted by Gasteiger charge is -2.34. The number of piperazine rings is 1. The number of benzene rings is 1. The maximum absolute atomic E-state index is 11.4. The van der Waals surface area contributed by atoms with Crippen molar-refractivity contribution in [3.63, 3.8) is 0 Å². The van der Waals surface area contributed by atoms with Crippen molar-refractivity contribution >= 4 is 41.0 Å². The lowest BCUT2D eigenvalue weighted by atomic mass is 10.2. The van der Waals surface area contributed by atoms with Crippen molar-refractivity contribution in [3.05, 3.63) is 40.0 Å². The van der Waals surface area contributed by atoms with Gasteiger partial charge < -0.3 is 19.8 Å². The van der Waals surface area contributed by atoms with Gasteiger partial charge in [-0.2, -0.15) is 0 Å². The summed E-state index contributed by atoms with van der Waals surface area (Å²) in [6, 6.07) is 7.35. The summed E-state index contributed by atoms with van der Waals surface area (Å²) in [6.07, 6.45) is 2.03. The number of hydrogen-bond donors (Lipinski definition) is 2. The van der Waals surface area contributed by atoms with Crippen LogP contribution in [0.3, 0.4) is 0 Å². The molecule has 3 rings (SSSR count). The van der Waals surface area contributed by atoms with Gasteiger partial charge in [0.05, 0.1) is 22.3 Å². The highest BCUT2D eigenvalue weighted by molar-refractivity contribution is 6.42. The Kier molecular flexibility index (Phi) is 10.6. The van der Waals surface area contributed by atoms with Crippen LogP contribution in [0.1, 0.15) is 25.5 Å². The maximum atomic E-state index is 11.4. The third-order valence-corrected chi connectivity index (χ3v) is 5.87. The number of rotatable bonds is 7. The number of ether oxygens (including phenoxy) is 1. The number of aliphatic carboxylic acids is 2. The van der Waals surface area contributed by atoms with E-state index in [1.165, 1.54) is 0 Å². The number of carbonyl (C=O) groups excluding carboxylic acids is 1. The third-order valence-electron chi connectivity index (χ3n) is 5.13. The highest BCUT2D eigenvalue weighted by Gasteiger charge is 2.17. The molecule has 0 radical (unpaired) electrons. The SMILES string of the molecule is CC(=O)N1CCN(CCCCOc2cc(C)n(-c3ccc(Cl)c(Cl)c3)n2)CC1.O=C(O)C(=O)O. The minimum atomic E-state index is -1.82. The van der Waals surface area contributed by atoms with Gasteiger partial charge in [0, 0.05) is 44.9 Å². The third kappa shape index (κ3) is 8.51. The van der Waals surface area contributed by atoms with Crippen molar-refractivity contribution in [1.29, 1.82) is 0 Å². The minimum Gasteiger partial charge on any atom is -0.477 e. The normalized spacial score (nSPS) is 13.7. The summed E-state index contributed by atoms with van der Waals surface area (Å²) in [5, 5.41) is 20.3. The van der Waals surface area contributed by atoms with Crippen molar-refractivity contribution < 1.29 is 29.3 Å². The Morgan fingerprint density at radius 1 is 1.00 bits per heavy atom. The molecule has 2 heterocycles. The molecule has 1 saturated heterocycles. The molecule has 1 fully saturated rings. The molecular weight excluding hydrogens is 487 g/mol. The highest BCUT2D eigenvalue weighted by Crippen LogP contribution is 2.26. The van der Waals surface area contributed by atoms with E-state index in [4.69, 9.17) is 47.7 Å². The van der Waals surface area contributed by atoms with E-state index < -0.39 is 11.9 Å². The number of carboxylic acids is 2. The summed E-state index contributed by atoms with van der Waals surface area (Å²) >= 11 is 12.1. The molecule has 1 aliphatic rings. The summed E-state index contributed by atoms with van der Waals surface area (Å²) in [4.78, 5) is 33.9. The van der Waals surface area contributed by atoms with Crippen LogP contribution in [0.2, 0.25) is 10.0 Å². The fourth-order valence-electron chi connectivity index (χ4n) is 3.30. The summed E-state index contributed by atoms with van der Waals surface area (Å²) < 4.78 is 7.62. The van der Waals surface area contributed by atoms with E-state index >= 15 is 0 Å². The topological polar surface area (TPSA) is 125 Å². The molecule has 0 spiro atoms. The van der Waals surface area contributed by atoms with Crippen LogP contribution < -0.4 is 4.74 Å². The highest BCUT2D eigenvalue weighted by atomic mass is 35.5. The van der Waals surface area contributed by atoms with Gasteiger partial charge in [0.1, 0.15) is 0 Å². The lowest BCUT2D eigenvalue weighted by molar-refractivity contribution is -0.159. The molecule has 0 bridgehead atoms. The van der Waals surface area contributed by atoms with Crippen LogP contribution in [0.5, 0.6) is 5.88 Å². The van der Waals surface area contributed by atoms with E-state index in [-0.39, 0.29) is 5.91 Å². The van der Waals surface area contributed by atoms with Gasteiger partial charge in [-0.05, 0) is 44.5 Å². The number of aromatic nitrogens is 2. The standard InChI is InChI=1S/C20H26Cl2N4O2.C2H2O4/c1-15-13-20(23-26(15)17-5-6-18(21)19(22)14-17)28-12-4-3-7-24-8-10-25(11-9-24)16(2)27;3-1(4)2(5)6/h5-6,13-14H,3-4,7-12H2,1-2H3;(H,3,4)(H,5,6). The molecule has 0 unspecified atom stereocenters. The van der Waals surface area contributed by atoms with E-state index in [0.717, 1.165) is 56.9 Å². The van der Waals surface area contributed by atoms with Gasteiger partial charge in [-0.15, -0.1) is 5.10 Å². The van der Waals surface area contributed by atoms with Gasteiger partial charge in [0.15, 0.2) is 0 Å². The molecule has 0 atom stereocenters. The van der Waals surface area contributed by atoms with Gasteiger partial charge >= 0.3 is 11.9 Å². The first-order chi connectivity index (χ1) is 16.1. The zero-order valence-corrected chi connectivity index (χ0v) is 20.6. The lowest BCUT2D eigenvalue weighted by Crippen LogP contribution is -2.48. The smallest absolute Gasteiger partial charge is 0.414 e. The number of carbonyl (C=O) groups is 3. The van der Waals surface area contributed by atoms with E-state index in [1.54, 1.807) is 23.7 Å². The Balaban J connectivity index is 0.000000604. The van der Waals surface area contributed by atoms with Gasteiger partial charge in [0.2, 0.25) is 11.8 Å². The summed E-state index contributed by atoms with van der Waals surface area (Å²) in [5.41, 5.74) is 1.82. The Hall–Kier alpha value is -2.82.